The molecule has 1 aromatic rings. The molecule has 1 aliphatic heterocycles. The number of rotatable bonds is 3. The summed E-state index contributed by atoms with van der Waals surface area (Å²) in [5, 5.41) is 4.85. The van der Waals surface area contributed by atoms with E-state index < -0.39 is 28.7 Å². The quantitative estimate of drug-likeness (QED) is 0.816. The number of cyclic esters (lactones) is 1. The Morgan fingerprint density at radius 2 is 2.11 bits per heavy atom. The summed E-state index contributed by atoms with van der Waals surface area (Å²) in [6.07, 6.45) is -1.36. The zero-order valence-corrected chi connectivity index (χ0v) is 10.7. The molecule has 7 nitrogen and oxygen atoms in total. The Kier molecular flexibility index (Phi) is 3.11. The molecule has 0 bridgehead atoms. The smallest absolute Gasteiger partial charge is 0.427 e. The van der Waals surface area contributed by atoms with E-state index in [0.29, 0.717) is 0 Å². The van der Waals surface area contributed by atoms with Crippen molar-refractivity contribution in [3.05, 3.63) is 29.8 Å². The maximum absolute atomic E-state index is 14.9. The Balaban J connectivity index is 2.61. The lowest BCUT2D eigenvalue weighted by molar-refractivity contribution is 0.0643. The van der Waals surface area contributed by atoms with Crippen LogP contribution in [0.1, 0.15) is 5.56 Å². The molecule has 0 aliphatic carbocycles. The number of ether oxygens (including phenoxy) is 2. The van der Waals surface area contributed by atoms with Crippen LogP contribution in [0.3, 0.4) is 0 Å². The highest BCUT2D eigenvalue weighted by Gasteiger charge is 2.56. The number of benzene rings is 1. The maximum atomic E-state index is 14.9. The van der Waals surface area contributed by atoms with Crippen molar-refractivity contribution in [2.75, 3.05) is 13.7 Å². The second-order valence-corrected chi connectivity index (χ2v) is 5.22. The molecule has 1 heterocycles. The van der Waals surface area contributed by atoms with Gasteiger partial charge in [0.25, 0.3) is 5.79 Å². The molecule has 1 saturated heterocycles. The van der Waals surface area contributed by atoms with Crippen molar-refractivity contribution in [3.8, 4) is 5.75 Å². The number of halogens is 1. The monoisotopic (exact) mass is 290 g/mol. The Morgan fingerprint density at radius 3 is 2.68 bits per heavy atom. The highest BCUT2D eigenvalue weighted by Crippen LogP contribution is 2.41. The highest BCUT2D eigenvalue weighted by molar-refractivity contribution is 7.87. The van der Waals surface area contributed by atoms with Crippen LogP contribution in [0.25, 0.3) is 0 Å². The third-order valence-electron chi connectivity index (χ3n) is 2.65. The molecule has 1 amide bonds. The first kappa shape index (κ1) is 13.6. The van der Waals surface area contributed by atoms with Crippen LogP contribution in [0.4, 0.5) is 9.18 Å². The van der Waals surface area contributed by atoms with Crippen molar-refractivity contribution in [2.24, 2.45) is 5.14 Å². The Bertz CT molecular complexity index is 620. The molecule has 1 atom stereocenters. The summed E-state index contributed by atoms with van der Waals surface area (Å²) in [7, 11) is -3.31. The fraction of sp³-hybridized carbons (Fsp3) is 0.300. The van der Waals surface area contributed by atoms with Gasteiger partial charge in [-0.2, -0.15) is 8.42 Å². The summed E-state index contributed by atoms with van der Waals surface area (Å²) in [6, 6.07) is 5.77. The van der Waals surface area contributed by atoms with Gasteiger partial charge in [-0.3, -0.25) is 0 Å². The summed E-state index contributed by atoms with van der Waals surface area (Å²) in [5.41, 5.74) is -0.155. The van der Waals surface area contributed by atoms with Gasteiger partial charge in [0.05, 0.1) is 12.7 Å². The zero-order valence-electron chi connectivity index (χ0n) is 9.87. The van der Waals surface area contributed by atoms with E-state index in [1.54, 1.807) is 6.07 Å². The van der Waals surface area contributed by atoms with Crippen LogP contribution in [0.5, 0.6) is 5.75 Å². The minimum Gasteiger partial charge on any atom is -0.496 e. The molecule has 0 radical (unpaired) electrons. The average Bonchev–Trinajstić information content (AvgIpc) is 2.66. The number of amides is 1. The van der Waals surface area contributed by atoms with Crippen molar-refractivity contribution in [2.45, 2.75) is 5.79 Å². The van der Waals surface area contributed by atoms with Gasteiger partial charge in [0, 0.05) is 0 Å². The van der Waals surface area contributed by atoms with Crippen LogP contribution in [-0.2, 0) is 20.7 Å². The van der Waals surface area contributed by atoms with Gasteiger partial charge in [-0.05, 0) is 12.1 Å². The second-order valence-electron chi connectivity index (χ2n) is 3.82. The minimum atomic E-state index is -4.60. The summed E-state index contributed by atoms with van der Waals surface area (Å²) in [5.74, 6) is -2.64. The van der Waals surface area contributed by atoms with Gasteiger partial charge in [-0.25, -0.2) is 14.3 Å². The number of carbonyl (C=O) groups excluding carboxylic acids is 1. The molecule has 1 aliphatic rings. The van der Waals surface area contributed by atoms with Gasteiger partial charge in [-0.15, -0.1) is 4.31 Å². The van der Waals surface area contributed by atoms with Crippen LogP contribution >= 0.6 is 0 Å². The van der Waals surface area contributed by atoms with Gasteiger partial charge in [0.2, 0.25) is 0 Å². The van der Waals surface area contributed by atoms with E-state index in [2.05, 4.69) is 4.74 Å². The number of carbonyl (C=O) groups is 1. The van der Waals surface area contributed by atoms with Crippen molar-refractivity contribution < 1.29 is 27.1 Å². The predicted molar refractivity (Wildman–Crippen MR) is 62.1 cm³/mol. The lowest BCUT2D eigenvalue weighted by Gasteiger charge is -2.26. The van der Waals surface area contributed by atoms with Gasteiger partial charge < -0.3 is 9.47 Å². The van der Waals surface area contributed by atoms with Crippen LogP contribution in [0.15, 0.2) is 24.3 Å². The molecule has 0 saturated carbocycles. The molecule has 1 fully saturated rings. The number of methoxy groups -OCH3 is 1. The third kappa shape index (κ3) is 2.10. The van der Waals surface area contributed by atoms with Gasteiger partial charge in [-0.1, -0.05) is 12.1 Å². The van der Waals surface area contributed by atoms with E-state index in [1.807, 2.05) is 0 Å². The van der Waals surface area contributed by atoms with E-state index in [1.165, 1.54) is 25.3 Å². The summed E-state index contributed by atoms with van der Waals surface area (Å²) >= 11 is 0. The molecule has 0 aromatic heterocycles. The lowest BCUT2D eigenvalue weighted by atomic mass is 10.0. The molecule has 104 valence electrons. The number of hydrogen-bond donors (Lipinski definition) is 1. The summed E-state index contributed by atoms with van der Waals surface area (Å²) in [6.45, 7) is -0.789. The zero-order chi connectivity index (χ0) is 14.3. The lowest BCUT2D eigenvalue weighted by Crippen LogP contribution is -2.48. The van der Waals surface area contributed by atoms with Crippen molar-refractivity contribution in [1.29, 1.82) is 0 Å². The molecule has 0 spiro atoms. The maximum Gasteiger partial charge on any atom is 0.427 e. The van der Waals surface area contributed by atoms with Crippen molar-refractivity contribution in [1.82, 2.24) is 4.31 Å². The second kappa shape index (κ2) is 4.35. The molecular weight excluding hydrogens is 279 g/mol. The number of alkyl halides is 1. The van der Waals surface area contributed by atoms with E-state index in [4.69, 9.17) is 9.88 Å². The number of para-hydroxylation sites is 1. The van der Waals surface area contributed by atoms with E-state index in [-0.39, 0.29) is 15.6 Å². The highest BCUT2D eigenvalue weighted by atomic mass is 32.2. The first-order valence-electron chi connectivity index (χ1n) is 5.13. The largest absolute Gasteiger partial charge is 0.496 e. The van der Waals surface area contributed by atoms with Gasteiger partial charge in [0.1, 0.15) is 5.75 Å². The Hall–Kier alpha value is -1.87. The minimum absolute atomic E-state index is 0.0805. The molecule has 2 rings (SSSR count). The SMILES string of the molecule is COc1ccccc1C1(F)COC(=O)N1S(N)(=O)=O. The van der Waals surface area contributed by atoms with E-state index in [9.17, 15) is 17.6 Å². The standard InChI is InChI=1S/C10H11FN2O5S/c1-17-8-5-3-2-4-7(8)10(11)6-18-9(14)13(10)19(12,15)16/h2-5H,6H2,1H3,(H2,12,15,16). The van der Waals surface area contributed by atoms with E-state index in [0.717, 1.165) is 0 Å². The number of nitrogens with two attached hydrogens (primary N) is 1. The molecule has 2 N–H and O–H groups in total. The predicted octanol–water partition coefficient (Wildman–Crippen LogP) is 0.473. The Morgan fingerprint density at radius 1 is 1.47 bits per heavy atom. The summed E-state index contributed by atoms with van der Waals surface area (Å²) < 4.78 is 46.9. The van der Waals surface area contributed by atoms with Crippen LogP contribution in [-0.4, -0.2) is 32.5 Å². The van der Waals surface area contributed by atoms with Crippen LogP contribution < -0.4 is 9.88 Å². The van der Waals surface area contributed by atoms with Gasteiger partial charge in [0.15, 0.2) is 6.61 Å². The van der Waals surface area contributed by atoms with E-state index >= 15 is 0 Å². The third-order valence-corrected chi connectivity index (χ3v) is 3.60. The molecule has 1 aromatic carbocycles. The van der Waals surface area contributed by atoms with Crippen molar-refractivity contribution in [3.63, 3.8) is 0 Å². The fourth-order valence-corrected chi connectivity index (χ4v) is 2.69. The van der Waals surface area contributed by atoms with Crippen molar-refractivity contribution >= 4 is 16.3 Å². The first-order chi connectivity index (χ1) is 8.80. The van der Waals surface area contributed by atoms with Crippen LogP contribution in [0.2, 0.25) is 0 Å². The molecule has 9 heteroatoms. The molecule has 1 unspecified atom stereocenters. The average molecular weight is 290 g/mol. The number of nitrogens with zero attached hydrogens (tertiary/aromatic N) is 1. The summed E-state index contributed by atoms with van der Waals surface area (Å²) in [4.78, 5) is 11.4. The first-order valence-corrected chi connectivity index (χ1v) is 6.63. The Labute approximate surface area is 108 Å². The number of hydrogen-bond acceptors (Lipinski definition) is 5. The normalized spacial score (nSPS) is 23.3. The molecular formula is C10H11FN2O5S. The van der Waals surface area contributed by atoms with Crippen LogP contribution in [0, 0.1) is 0 Å². The molecule has 19 heavy (non-hydrogen) atoms. The van der Waals surface area contributed by atoms with Gasteiger partial charge >= 0.3 is 16.3 Å². The fourth-order valence-electron chi connectivity index (χ4n) is 1.87. The topological polar surface area (TPSA) is 98.9 Å².